The van der Waals surface area contributed by atoms with Gasteiger partial charge in [-0.15, -0.1) is 0 Å². The molecule has 1 aromatic heterocycles. The minimum absolute atomic E-state index is 0.0493. The van der Waals surface area contributed by atoms with Crippen LogP contribution in [0.25, 0.3) is 0 Å². The number of ether oxygens (including phenoxy) is 1. The van der Waals surface area contributed by atoms with Gasteiger partial charge in [0.2, 0.25) is 5.82 Å². The molecule has 19 heavy (non-hydrogen) atoms. The molecule has 0 unspecified atom stereocenters. The predicted octanol–water partition coefficient (Wildman–Crippen LogP) is 1.69. The number of rotatable bonds is 6. The highest BCUT2D eigenvalue weighted by atomic mass is 16.6. The molecule has 104 valence electrons. The lowest BCUT2D eigenvalue weighted by molar-refractivity contribution is -0.384. The topological polar surface area (TPSA) is 85.6 Å². The van der Waals surface area contributed by atoms with Crippen molar-refractivity contribution in [1.29, 1.82) is 0 Å². The fraction of sp³-hybridized carbons (Fsp3) is 0.500. The fourth-order valence-electron chi connectivity index (χ4n) is 1.67. The number of aryl methyl sites for hydroxylation is 1. The zero-order valence-corrected chi connectivity index (χ0v) is 11.3. The summed E-state index contributed by atoms with van der Waals surface area (Å²) in [5.74, 6) is -0.0739. The van der Waals surface area contributed by atoms with Gasteiger partial charge in [-0.05, 0) is 19.4 Å². The number of aromatic nitrogens is 1. The maximum atomic E-state index is 11.1. The van der Waals surface area contributed by atoms with Crippen molar-refractivity contribution in [2.45, 2.75) is 20.3 Å². The molecule has 0 fully saturated rings. The van der Waals surface area contributed by atoms with Gasteiger partial charge in [-0.1, -0.05) is 0 Å². The highest BCUT2D eigenvalue weighted by molar-refractivity contribution is 5.70. The molecule has 0 atom stereocenters. The lowest BCUT2D eigenvalue weighted by atomic mass is 10.2. The molecule has 7 heteroatoms. The van der Waals surface area contributed by atoms with Crippen LogP contribution in [0.5, 0.6) is 0 Å². The Labute approximate surface area is 111 Å². The molecule has 0 aliphatic heterocycles. The van der Waals surface area contributed by atoms with Gasteiger partial charge in [0.15, 0.2) is 0 Å². The van der Waals surface area contributed by atoms with Gasteiger partial charge in [-0.3, -0.25) is 14.9 Å². The Balaban J connectivity index is 2.97. The molecule has 0 aromatic carbocycles. The number of nitro groups is 1. The molecule has 0 spiro atoms. The molecule has 7 nitrogen and oxygen atoms in total. The number of pyridine rings is 1. The first-order chi connectivity index (χ1) is 8.99. The Morgan fingerprint density at radius 3 is 2.79 bits per heavy atom. The molecule has 1 aromatic rings. The third-order valence-corrected chi connectivity index (χ3v) is 2.68. The molecule has 0 radical (unpaired) electrons. The van der Waals surface area contributed by atoms with Crippen LogP contribution >= 0.6 is 0 Å². The Bertz CT molecular complexity index is 476. The summed E-state index contributed by atoms with van der Waals surface area (Å²) in [4.78, 5) is 27.5. The quantitative estimate of drug-likeness (QED) is 0.443. The Morgan fingerprint density at radius 1 is 1.58 bits per heavy atom. The van der Waals surface area contributed by atoms with Crippen molar-refractivity contribution in [3.63, 3.8) is 0 Å². The number of nitrogens with zero attached hydrogens (tertiary/aromatic N) is 3. The van der Waals surface area contributed by atoms with Crippen LogP contribution in [0, 0.1) is 17.0 Å². The van der Waals surface area contributed by atoms with E-state index in [1.54, 1.807) is 18.0 Å². The third kappa shape index (κ3) is 3.90. The molecule has 1 rings (SSSR count). The number of carbonyl (C=O) groups is 1. The number of carbonyl (C=O) groups excluding carboxylic acids is 1. The van der Waals surface area contributed by atoms with E-state index in [1.165, 1.54) is 13.2 Å². The summed E-state index contributed by atoms with van der Waals surface area (Å²) in [7, 11) is 1.31. The standard InChI is InChI=1S/C12H17N3O4/c1-4-14(6-5-11(16)19-3)12-10(15(17)18)7-9(2)8-13-12/h7-8H,4-6H2,1-3H3. The van der Waals surface area contributed by atoms with E-state index in [0.29, 0.717) is 13.1 Å². The first-order valence-corrected chi connectivity index (χ1v) is 5.92. The van der Waals surface area contributed by atoms with Crippen LogP contribution in [0.3, 0.4) is 0 Å². The molecule has 0 amide bonds. The maximum Gasteiger partial charge on any atom is 0.311 e. The number of esters is 1. The van der Waals surface area contributed by atoms with Crippen molar-refractivity contribution in [2.75, 3.05) is 25.1 Å². The Kier molecular flexibility index (Phi) is 5.23. The molecule has 0 saturated heterocycles. The summed E-state index contributed by atoms with van der Waals surface area (Å²) in [6.07, 6.45) is 1.74. The maximum absolute atomic E-state index is 11.1. The molecule has 1 heterocycles. The second-order valence-electron chi connectivity index (χ2n) is 4.02. The second kappa shape index (κ2) is 6.67. The van der Waals surface area contributed by atoms with Crippen LogP contribution in [0.4, 0.5) is 11.5 Å². The second-order valence-corrected chi connectivity index (χ2v) is 4.02. The van der Waals surface area contributed by atoms with Crippen molar-refractivity contribution in [3.05, 3.63) is 27.9 Å². The van der Waals surface area contributed by atoms with Crippen LogP contribution < -0.4 is 4.90 Å². The molecular formula is C12H17N3O4. The number of anilines is 1. The summed E-state index contributed by atoms with van der Waals surface area (Å²) in [6.45, 7) is 4.45. The first-order valence-electron chi connectivity index (χ1n) is 5.92. The van der Waals surface area contributed by atoms with Crippen molar-refractivity contribution >= 4 is 17.5 Å². The number of hydrogen-bond donors (Lipinski definition) is 0. The van der Waals surface area contributed by atoms with Crippen LogP contribution in [-0.4, -0.2) is 36.1 Å². The SMILES string of the molecule is CCN(CCC(=O)OC)c1ncc(C)cc1[N+](=O)[O-]. The largest absolute Gasteiger partial charge is 0.469 e. The molecule has 0 saturated carbocycles. The van der Waals surface area contributed by atoms with Crippen LogP contribution in [-0.2, 0) is 9.53 Å². The normalized spacial score (nSPS) is 10.1. The molecular weight excluding hydrogens is 250 g/mol. The number of methoxy groups -OCH3 is 1. The third-order valence-electron chi connectivity index (χ3n) is 2.68. The van der Waals surface area contributed by atoms with Crippen molar-refractivity contribution in [1.82, 2.24) is 4.98 Å². The lowest BCUT2D eigenvalue weighted by Gasteiger charge is -2.21. The fourth-order valence-corrected chi connectivity index (χ4v) is 1.67. The van der Waals surface area contributed by atoms with E-state index in [2.05, 4.69) is 9.72 Å². The van der Waals surface area contributed by atoms with Crippen LogP contribution in [0.15, 0.2) is 12.3 Å². The highest BCUT2D eigenvalue weighted by Crippen LogP contribution is 2.26. The molecule has 0 aliphatic rings. The van der Waals surface area contributed by atoms with Gasteiger partial charge in [0.05, 0.1) is 18.5 Å². The zero-order chi connectivity index (χ0) is 14.4. The monoisotopic (exact) mass is 267 g/mol. The Morgan fingerprint density at radius 2 is 2.26 bits per heavy atom. The lowest BCUT2D eigenvalue weighted by Crippen LogP contribution is -2.27. The van der Waals surface area contributed by atoms with Gasteiger partial charge in [-0.25, -0.2) is 4.98 Å². The summed E-state index contributed by atoms with van der Waals surface area (Å²) in [5.41, 5.74) is 0.672. The van der Waals surface area contributed by atoms with Gasteiger partial charge >= 0.3 is 11.7 Å². The van der Waals surface area contributed by atoms with Crippen molar-refractivity contribution in [2.24, 2.45) is 0 Å². The summed E-state index contributed by atoms with van der Waals surface area (Å²) < 4.78 is 4.56. The van der Waals surface area contributed by atoms with Gasteiger partial charge < -0.3 is 9.64 Å². The van der Waals surface area contributed by atoms with E-state index in [-0.39, 0.29) is 23.9 Å². The summed E-state index contributed by atoms with van der Waals surface area (Å²) in [6, 6.07) is 1.48. The average molecular weight is 267 g/mol. The minimum atomic E-state index is -0.462. The highest BCUT2D eigenvalue weighted by Gasteiger charge is 2.21. The van der Waals surface area contributed by atoms with Crippen LogP contribution in [0.1, 0.15) is 18.9 Å². The van der Waals surface area contributed by atoms with Gasteiger partial charge in [0.25, 0.3) is 0 Å². The molecule has 0 aliphatic carbocycles. The predicted molar refractivity (Wildman–Crippen MR) is 70.1 cm³/mol. The zero-order valence-electron chi connectivity index (χ0n) is 11.3. The van der Waals surface area contributed by atoms with E-state index >= 15 is 0 Å². The average Bonchev–Trinajstić information content (AvgIpc) is 2.40. The Hall–Kier alpha value is -2.18. The minimum Gasteiger partial charge on any atom is -0.469 e. The van der Waals surface area contributed by atoms with Gasteiger partial charge in [0.1, 0.15) is 0 Å². The van der Waals surface area contributed by atoms with Gasteiger partial charge in [-0.2, -0.15) is 0 Å². The van der Waals surface area contributed by atoms with E-state index in [4.69, 9.17) is 0 Å². The number of hydrogen-bond acceptors (Lipinski definition) is 6. The van der Waals surface area contributed by atoms with Crippen molar-refractivity contribution in [3.8, 4) is 0 Å². The smallest absolute Gasteiger partial charge is 0.311 e. The van der Waals surface area contributed by atoms with E-state index in [0.717, 1.165) is 5.56 Å². The van der Waals surface area contributed by atoms with E-state index in [9.17, 15) is 14.9 Å². The molecule has 0 N–H and O–H groups in total. The van der Waals surface area contributed by atoms with Crippen LogP contribution in [0.2, 0.25) is 0 Å². The van der Waals surface area contributed by atoms with Crippen molar-refractivity contribution < 1.29 is 14.5 Å². The van der Waals surface area contributed by atoms with E-state index < -0.39 is 4.92 Å². The first kappa shape index (κ1) is 14.9. The van der Waals surface area contributed by atoms with E-state index in [1.807, 2.05) is 6.92 Å². The van der Waals surface area contributed by atoms with Gasteiger partial charge in [0, 0.05) is 25.4 Å². The summed E-state index contributed by atoms with van der Waals surface area (Å²) in [5, 5.41) is 11.0. The summed E-state index contributed by atoms with van der Waals surface area (Å²) >= 11 is 0. The molecule has 0 bridgehead atoms.